The van der Waals surface area contributed by atoms with E-state index < -0.39 is 11.9 Å². The van der Waals surface area contributed by atoms with E-state index in [1.165, 1.54) is 12.3 Å². The third kappa shape index (κ3) is 4.52. The van der Waals surface area contributed by atoms with Crippen molar-refractivity contribution in [3.05, 3.63) is 29.8 Å². The van der Waals surface area contributed by atoms with Crippen LogP contribution in [-0.2, 0) is 17.9 Å². The number of carboxylic acid groups (broad SMARTS) is 1. The molecule has 10 heteroatoms. The summed E-state index contributed by atoms with van der Waals surface area (Å²) in [5.41, 5.74) is 0.509. The van der Waals surface area contributed by atoms with E-state index in [0.717, 1.165) is 30.4 Å². The monoisotopic (exact) mass is 374 g/mol. The average molecular weight is 374 g/mol. The first-order valence-corrected chi connectivity index (χ1v) is 8.91. The minimum atomic E-state index is -1.06. The highest BCUT2D eigenvalue weighted by Gasteiger charge is 2.24. The molecule has 3 N–H and O–H groups in total. The highest BCUT2D eigenvalue weighted by atomic mass is 16.4. The number of amides is 2. The molecule has 0 spiro atoms. The molecule has 0 unspecified atom stereocenters. The number of hydrogen-bond donors (Lipinski definition) is 3. The van der Waals surface area contributed by atoms with Crippen LogP contribution in [-0.4, -0.2) is 48.5 Å². The van der Waals surface area contributed by atoms with Gasteiger partial charge in [-0.3, -0.25) is 23.7 Å². The third-order valence-corrected chi connectivity index (χ3v) is 4.41. The topological polar surface area (TPSA) is 131 Å². The smallest absolute Gasteiger partial charge is 0.325 e. The van der Waals surface area contributed by atoms with E-state index in [1.807, 2.05) is 6.92 Å². The Morgan fingerprint density at radius 1 is 1.19 bits per heavy atom. The quantitative estimate of drug-likeness (QED) is 0.665. The Hall–Kier alpha value is -3.17. The van der Waals surface area contributed by atoms with Gasteiger partial charge < -0.3 is 15.7 Å². The van der Waals surface area contributed by atoms with Crippen molar-refractivity contribution < 1.29 is 19.5 Å². The lowest BCUT2D eigenvalue weighted by atomic mass is 10.2. The van der Waals surface area contributed by atoms with Crippen LogP contribution in [0.2, 0.25) is 0 Å². The molecular formula is C17H22N6O4. The van der Waals surface area contributed by atoms with Crippen molar-refractivity contribution in [1.82, 2.24) is 24.9 Å². The fraction of sp³-hybridized carbons (Fsp3) is 0.471. The number of carboxylic acids is 1. The highest BCUT2D eigenvalue weighted by molar-refractivity contribution is 6.07. The zero-order valence-electron chi connectivity index (χ0n) is 15.0. The van der Waals surface area contributed by atoms with E-state index in [2.05, 4.69) is 20.8 Å². The predicted octanol–water partition coefficient (Wildman–Crippen LogP) is 1.11. The number of aliphatic carboxylic acids is 1. The maximum absolute atomic E-state index is 12.6. The Bertz CT molecular complexity index is 849. The number of aromatic nitrogens is 4. The molecule has 1 aliphatic carbocycles. The van der Waals surface area contributed by atoms with Crippen molar-refractivity contribution in [2.75, 3.05) is 5.32 Å². The lowest BCUT2D eigenvalue weighted by molar-refractivity contribution is -0.137. The normalized spacial score (nSPS) is 14.3. The number of nitrogens with zero attached hydrogens (tertiary/aromatic N) is 4. The summed E-state index contributed by atoms with van der Waals surface area (Å²) in [6, 6.07) is 1.56. The number of hydrogen-bond acceptors (Lipinski definition) is 5. The molecule has 10 nitrogen and oxygen atoms in total. The van der Waals surface area contributed by atoms with Gasteiger partial charge in [-0.05, 0) is 25.8 Å². The number of carbonyl (C=O) groups is 3. The van der Waals surface area contributed by atoms with Crippen LogP contribution in [0.25, 0.3) is 0 Å². The van der Waals surface area contributed by atoms with Gasteiger partial charge in [0.2, 0.25) is 0 Å². The minimum Gasteiger partial charge on any atom is -0.480 e. The molecule has 2 amide bonds. The van der Waals surface area contributed by atoms with Crippen LogP contribution >= 0.6 is 0 Å². The van der Waals surface area contributed by atoms with Crippen molar-refractivity contribution in [3.8, 4) is 0 Å². The Labute approximate surface area is 155 Å². The summed E-state index contributed by atoms with van der Waals surface area (Å²) in [5, 5.41) is 22.6. The van der Waals surface area contributed by atoms with Gasteiger partial charge in [-0.15, -0.1) is 0 Å². The number of anilines is 1. The van der Waals surface area contributed by atoms with Gasteiger partial charge in [0, 0.05) is 25.0 Å². The molecule has 2 aromatic heterocycles. The van der Waals surface area contributed by atoms with E-state index in [-0.39, 0.29) is 29.9 Å². The van der Waals surface area contributed by atoms with Gasteiger partial charge in [0.25, 0.3) is 11.8 Å². The Morgan fingerprint density at radius 3 is 2.59 bits per heavy atom. The van der Waals surface area contributed by atoms with Crippen molar-refractivity contribution in [2.24, 2.45) is 0 Å². The molecule has 144 valence electrons. The van der Waals surface area contributed by atoms with Crippen LogP contribution in [0.15, 0.2) is 18.5 Å². The lowest BCUT2D eigenvalue weighted by Crippen LogP contribution is -2.33. The minimum absolute atomic E-state index is 0.0580. The third-order valence-electron chi connectivity index (χ3n) is 4.41. The fourth-order valence-electron chi connectivity index (χ4n) is 3.06. The van der Waals surface area contributed by atoms with Crippen LogP contribution in [0.5, 0.6) is 0 Å². The number of carbonyl (C=O) groups excluding carboxylic acids is 2. The molecule has 2 heterocycles. The van der Waals surface area contributed by atoms with Crippen LogP contribution in [0, 0.1) is 0 Å². The molecule has 0 aliphatic heterocycles. The van der Waals surface area contributed by atoms with Crippen molar-refractivity contribution in [3.63, 3.8) is 0 Å². The number of aryl methyl sites for hydroxylation is 1. The summed E-state index contributed by atoms with van der Waals surface area (Å²) in [6.45, 7) is 2.09. The Morgan fingerprint density at radius 2 is 1.93 bits per heavy atom. The summed E-state index contributed by atoms with van der Waals surface area (Å²) < 4.78 is 2.72. The number of rotatable bonds is 7. The molecular weight excluding hydrogens is 352 g/mol. The summed E-state index contributed by atoms with van der Waals surface area (Å²) in [7, 11) is 0. The lowest BCUT2D eigenvalue weighted by Gasteiger charge is -2.11. The van der Waals surface area contributed by atoms with E-state index in [9.17, 15) is 14.4 Å². The maximum atomic E-state index is 12.6. The first-order chi connectivity index (χ1) is 13.0. The Balaban J connectivity index is 1.74. The van der Waals surface area contributed by atoms with E-state index in [1.54, 1.807) is 10.9 Å². The first-order valence-electron chi connectivity index (χ1n) is 8.91. The van der Waals surface area contributed by atoms with Gasteiger partial charge in [-0.2, -0.15) is 10.2 Å². The largest absolute Gasteiger partial charge is 0.480 e. The molecule has 0 radical (unpaired) electrons. The number of nitrogens with one attached hydrogen (secondary N) is 2. The van der Waals surface area contributed by atoms with Gasteiger partial charge in [-0.25, -0.2) is 0 Å². The van der Waals surface area contributed by atoms with Gasteiger partial charge >= 0.3 is 5.97 Å². The first kappa shape index (κ1) is 18.6. The molecule has 0 saturated heterocycles. The van der Waals surface area contributed by atoms with Gasteiger partial charge in [-0.1, -0.05) is 12.8 Å². The van der Waals surface area contributed by atoms with Crippen LogP contribution < -0.4 is 10.6 Å². The zero-order chi connectivity index (χ0) is 19.4. The van der Waals surface area contributed by atoms with Gasteiger partial charge in [0.1, 0.15) is 6.54 Å². The van der Waals surface area contributed by atoms with Crippen molar-refractivity contribution in [2.45, 2.75) is 51.7 Å². The molecule has 27 heavy (non-hydrogen) atoms. The van der Waals surface area contributed by atoms with Crippen molar-refractivity contribution >= 4 is 23.5 Å². The molecule has 3 rings (SSSR count). The van der Waals surface area contributed by atoms with E-state index in [0.29, 0.717) is 12.2 Å². The summed E-state index contributed by atoms with van der Waals surface area (Å²) >= 11 is 0. The SMILES string of the molecule is CCn1cc(NC(=O)c2ccn(CC(=O)O)n2)c(C(=O)NC2CCCC2)n1. The van der Waals surface area contributed by atoms with Crippen molar-refractivity contribution in [1.29, 1.82) is 0 Å². The Kier molecular flexibility index (Phi) is 5.53. The van der Waals surface area contributed by atoms with Gasteiger partial charge in [0.15, 0.2) is 11.4 Å². The van der Waals surface area contributed by atoms with Crippen LogP contribution in [0.4, 0.5) is 5.69 Å². The summed E-state index contributed by atoms with van der Waals surface area (Å²) in [4.78, 5) is 35.7. The van der Waals surface area contributed by atoms with Crippen LogP contribution in [0.3, 0.4) is 0 Å². The van der Waals surface area contributed by atoms with E-state index >= 15 is 0 Å². The molecule has 1 aliphatic rings. The molecule has 0 atom stereocenters. The maximum Gasteiger partial charge on any atom is 0.325 e. The zero-order valence-corrected chi connectivity index (χ0v) is 15.0. The molecule has 1 fully saturated rings. The standard InChI is InChI=1S/C17H22N6O4/c1-2-22-9-13(15(21-22)17(27)18-11-5-3-4-6-11)19-16(26)12-7-8-23(20-12)10-14(24)25/h7-9,11H,2-6,10H2,1H3,(H,18,27)(H,19,26)(H,24,25). The molecule has 0 bridgehead atoms. The second kappa shape index (κ2) is 8.02. The van der Waals surface area contributed by atoms with E-state index in [4.69, 9.17) is 5.11 Å². The van der Waals surface area contributed by atoms with Crippen LogP contribution in [0.1, 0.15) is 53.6 Å². The second-order valence-electron chi connectivity index (χ2n) is 6.45. The highest BCUT2D eigenvalue weighted by Crippen LogP contribution is 2.20. The second-order valence-corrected chi connectivity index (χ2v) is 6.45. The average Bonchev–Trinajstić information content (AvgIpc) is 3.35. The molecule has 0 aromatic carbocycles. The summed E-state index contributed by atoms with van der Waals surface area (Å²) in [5.74, 6) is -1.91. The summed E-state index contributed by atoms with van der Waals surface area (Å²) in [6.07, 6.45) is 7.08. The predicted molar refractivity (Wildman–Crippen MR) is 95.4 cm³/mol. The molecule has 2 aromatic rings. The fourth-order valence-corrected chi connectivity index (χ4v) is 3.06. The molecule has 1 saturated carbocycles. The van der Waals surface area contributed by atoms with Gasteiger partial charge in [0.05, 0.1) is 5.69 Å².